The predicted molar refractivity (Wildman–Crippen MR) is 249 cm³/mol. The first-order chi connectivity index (χ1) is 28.5. The molecule has 9 heteroatoms. The molecular formula is C52H52F3GeIrN3S-2. The Bertz CT molecular complexity index is 2720. The second-order valence-corrected chi connectivity index (χ2v) is 29.0. The van der Waals surface area contributed by atoms with Gasteiger partial charge in [-0.3, -0.25) is 16.3 Å². The largest absolute Gasteiger partial charge is 0.415 e. The van der Waals surface area contributed by atoms with Gasteiger partial charge in [0.15, 0.2) is 0 Å². The van der Waals surface area contributed by atoms with Crippen molar-refractivity contribution < 1.29 is 33.3 Å². The van der Waals surface area contributed by atoms with Gasteiger partial charge in [0.1, 0.15) is 0 Å². The van der Waals surface area contributed by atoms with Crippen molar-refractivity contribution in [3.05, 3.63) is 155 Å². The molecule has 0 aliphatic carbocycles. The van der Waals surface area contributed by atoms with E-state index in [1.54, 1.807) is 4.40 Å². The zero-order valence-corrected chi connectivity index (χ0v) is 41.5. The van der Waals surface area contributed by atoms with Crippen LogP contribution in [0.1, 0.15) is 75.6 Å². The molecule has 0 saturated heterocycles. The van der Waals surface area contributed by atoms with E-state index in [9.17, 15) is 13.2 Å². The Labute approximate surface area is 379 Å². The number of benzene rings is 5. The second-order valence-electron chi connectivity index (χ2n) is 17.6. The van der Waals surface area contributed by atoms with E-state index in [1.165, 1.54) is 29.0 Å². The summed E-state index contributed by atoms with van der Waals surface area (Å²) in [6.07, 6.45) is -1.16. The maximum atomic E-state index is 13.7. The summed E-state index contributed by atoms with van der Waals surface area (Å²) in [7, 11) is 0. The first-order valence-electron chi connectivity index (χ1n) is 20.7. The van der Waals surface area contributed by atoms with Crippen molar-refractivity contribution in [2.75, 3.05) is 0 Å². The summed E-state index contributed by atoms with van der Waals surface area (Å²) in [6, 6.07) is 40.3. The van der Waals surface area contributed by atoms with E-state index in [-0.39, 0.29) is 31.9 Å². The SMILES string of the molecule is CC(C)Cc1cc(-c2[c-]cccc2)nc[c]1[Ge]([CH3])([CH3])[CH3].CC(C)c1cc(-c2ccccc2)cc(C(C)C)c1-n1c(-c2[c-]sc3ccc(C(F)(F)F)cc23)nc2ccccc21.[Ir]. The minimum absolute atomic E-state index is 0. The molecule has 3 nitrogen and oxygen atoms in total. The van der Waals surface area contributed by atoms with E-state index in [1.807, 2.05) is 60.7 Å². The fraction of sp³-hybridized carbons (Fsp3) is 0.269. The fourth-order valence-corrected chi connectivity index (χ4v) is 12.0. The molecule has 0 amide bonds. The van der Waals surface area contributed by atoms with Gasteiger partial charge in [0.25, 0.3) is 0 Å². The van der Waals surface area contributed by atoms with Crippen molar-refractivity contribution in [3.63, 3.8) is 0 Å². The second kappa shape index (κ2) is 19.0. The molecule has 0 atom stereocenters. The Morgan fingerprint density at radius 1 is 0.754 bits per heavy atom. The van der Waals surface area contributed by atoms with E-state index in [0.29, 0.717) is 22.7 Å². The summed E-state index contributed by atoms with van der Waals surface area (Å²) in [4.78, 5) is 9.71. The van der Waals surface area contributed by atoms with Crippen LogP contribution in [0.3, 0.4) is 0 Å². The van der Waals surface area contributed by atoms with Crippen molar-refractivity contribution in [1.29, 1.82) is 0 Å². The molecule has 0 aliphatic heterocycles. The third-order valence-corrected chi connectivity index (χ3v) is 16.0. The molecule has 0 spiro atoms. The topological polar surface area (TPSA) is 30.7 Å². The molecule has 0 N–H and O–H groups in total. The molecule has 61 heavy (non-hydrogen) atoms. The molecule has 8 rings (SSSR count). The van der Waals surface area contributed by atoms with Crippen LogP contribution in [0.2, 0.25) is 17.3 Å². The molecule has 0 unspecified atom stereocenters. The number of alkyl halides is 3. The third-order valence-electron chi connectivity index (χ3n) is 10.8. The van der Waals surface area contributed by atoms with Gasteiger partial charge in [-0.2, -0.15) is 13.2 Å². The average molecular weight is 1070 g/mol. The Morgan fingerprint density at radius 2 is 1.41 bits per heavy atom. The Morgan fingerprint density at radius 3 is 2.02 bits per heavy atom. The standard InChI is InChI=1S/C34H28F3N2S.C18H24GeN.Ir/c1-20(2)25-16-23(22-10-6-5-7-11-22)17-26(21(3)4)32(25)39-30-13-9-8-12-29(30)38-33(39)28-19-40-31-15-14-24(18-27(28)31)34(35,36)37;1-14(2)11-16-12-18(15-9-7-6-8-10-15)20-13-17(16)19(3,4)5;/h5-18,20-21H,1-4H3;6-9,12-14H,11H2,1-5H3;/q2*-1;. The van der Waals surface area contributed by atoms with Crippen LogP contribution in [-0.4, -0.2) is 27.8 Å². The molecule has 8 aromatic rings. The van der Waals surface area contributed by atoms with Crippen molar-refractivity contribution in [3.8, 4) is 39.5 Å². The van der Waals surface area contributed by atoms with Crippen LogP contribution in [-0.2, 0) is 32.7 Å². The minimum atomic E-state index is -4.43. The summed E-state index contributed by atoms with van der Waals surface area (Å²) in [6.45, 7) is 13.3. The van der Waals surface area contributed by atoms with Crippen LogP contribution >= 0.6 is 11.3 Å². The number of halogens is 3. The molecule has 0 bridgehead atoms. The van der Waals surface area contributed by atoms with Gasteiger partial charge in [-0.05, 0) is 58.4 Å². The molecule has 0 aliphatic rings. The van der Waals surface area contributed by atoms with E-state index >= 15 is 0 Å². The summed E-state index contributed by atoms with van der Waals surface area (Å²) in [5, 5.41) is 3.81. The molecule has 3 heterocycles. The van der Waals surface area contributed by atoms with Crippen LogP contribution in [0.15, 0.2) is 121 Å². The van der Waals surface area contributed by atoms with Gasteiger partial charge >= 0.3 is 132 Å². The monoisotopic (exact) mass is 1070 g/mol. The fourth-order valence-electron chi connectivity index (χ4n) is 7.83. The molecule has 317 valence electrons. The predicted octanol–water partition coefficient (Wildman–Crippen LogP) is 14.9. The first-order valence-corrected chi connectivity index (χ1v) is 28.9. The van der Waals surface area contributed by atoms with Crippen LogP contribution in [0.4, 0.5) is 13.2 Å². The summed E-state index contributed by atoms with van der Waals surface area (Å²) >= 11 is -0.541. The van der Waals surface area contributed by atoms with Crippen molar-refractivity contribution in [2.24, 2.45) is 5.92 Å². The van der Waals surface area contributed by atoms with Crippen molar-refractivity contribution in [2.45, 2.75) is 83.2 Å². The summed E-state index contributed by atoms with van der Waals surface area (Å²) in [5.74, 6) is 8.96. The van der Waals surface area contributed by atoms with E-state index in [0.717, 1.165) is 67.4 Å². The van der Waals surface area contributed by atoms with Gasteiger partial charge in [-0.15, -0.1) is 5.39 Å². The maximum Gasteiger partial charge on any atom is 0.415 e. The number of thiophene rings is 1. The Hall–Kier alpha value is -4.34. The van der Waals surface area contributed by atoms with Crippen LogP contribution in [0.5, 0.6) is 0 Å². The number of para-hydroxylation sites is 2. The number of hydrogen-bond donors (Lipinski definition) is 0. The van der Waals surface area contributed by atoms with Crippen LogP contribution in [0.25, 0.3) is 60.6 Å². The molecule has 3 aromatic heterocycles. The summed E-state index contributed by atoms with van der Waals surface area (Å²) < 4.78 is 45.5. The summed E-state index contributed by atoms with van der Waals surface area (Å²) in [5.41, 5.74) is 10.9. The number of nitrogens with zero attached hydrogens (tertiary/aromatic N) is 3. The van der Waals surface area contributed by atoms with Gasteiger partial charge in [0.05, 0.1) is 16.9 Å². The van der Waals surface area contributed by atoms with Gasteiger partial charge < -0.3 is 4.57 Å². The zero-order valence-electron chi connectivity index (χ0n) is 36.2. The van der Waals surface area contributed by atoms with Crippen LogP contribution in [0, 0.1) is 17.4 Å². The van der Waals surface area contributed by atoms with E-state index < -0.39 is 25.0 Å². The molecular weight excluding hydrogens is 1020 g/mol. The van der Waals surface area contributed by atoms with Crippen molar-refractivity contribution >= 4 is 50.1 Å². The number of rotatable bonds is 9. The van der Waals surface area contributed by atoms with Gasteiger partial charge in [0.2, 0.25) is 0 Å². The molecule has 1 radical (unpaired) electrons. The average Bonchev–Trinajstić information content (AvgIpc) is 3.81. The molecule has 5 aromatic carbocycles. The smallest absolute Gasteiger partial charge is 0.333 e. The normalized spacial score (nSPS) is 12.0. The minimum Gasteiger partial charge on any atom is -0.333 e. The van der Waals surface area contributed by atoms with E-state index in [4.69, 9.17) is 9.97 Å². The third kappa shape index (κ3) is 10.2. The number of fused-ring (bicyclic) bond motifs is 2. The number of aromatic nitrogens is 3. The quantitative estimate of drug-likeness (QED) is 0.107. The first kappa shape index (κ1) is 46.2. The molecule has 0 fully saturated rings. The number of hydrogen-bond acceptors (Lipinski definition) is 3. The Balaban J connectivity index is 0.000000250. The zero-order chi connectivity index (χ0) is 42.9. The number of imidazole rings is 1. The van der Waals surface area contributed by atoms with Crippen LogP contribution < -0.4 is 4.40 Å². The molecule has 0 saturated carbocycles. The maximum absolute atomic E-state index is 13.7. The van der Waals surface area contributed by atoms with Gasteiger partial charge in [-0.25, -0.2) is 0 Å². The van der Waals surface area contributed by atoms with Gasteiger partial charge in [-0.1, -0.05) is 104 Å². The Kier molecular flexibility index (Phi) is 14.4. The van der Waals surface area contributed by atoms with E-state index in [2.05, 4.69) is 117 Å². The van der Waals surface area contributed by atoms with Gasteiger partial charge in [0, 0.05) is 31.4 Å². The number of pyridine rings is 1. The van der Waals surface area contributed by atoms with Crippen molar-refractivity contribution in [1.82, 2.24) is 14.5 Å².